The molecule has 0 N–H and O–H groups in total. The van der Waals surface area contributed by atoms with Crippen molar-refractivity contribution < 1.29 is 4.79 Å². The zero-order valence-corrected chi connectivity index (χ0v) is 5.85. The molecular formula is C9H8O. The van der Waals surface area contributed by atoms with Crippen LogP contribution in [0.5, 0.6) is 0 Å². The fraction of sp³-hybridized carbons (Fsp3) is 0.222. The predicted octanol–water partition coefficient (Wildman–Crippen LogP) is 1.73. The van der Waals surface area contributed by atoms with Crippen LogP contribution in [0.2, 0.25) is 0 Å². The molecule has 0 saturated carbocycles. The highest BCUT2D eigenvalue weighted by Crippen LogP contribution is 2.25. The summed E-state index contributed by atoms with van der Waals surface area (Å²) in [4.78, 5) is 10.9. The van der Waals surface area contributed by atoms with Gasteiger partial charge in [0.05, 0.1) is 0 Å². The van der Waals surface area contributed by atoms with Gasteiger partial charge in [-0.2, -0.15) is 0 Å². The van der Waals surface area contributed by atoms with E-state index in [4.69, 9.17) is 0 Å². The minimum Gasteiger partial charge on any atom is -0.294 e. The van der Waals surface area contributed by atoms with Crippen molar-refractivity contribution in [3.8, 4) is 0 Å². The van der Waals surface area contributed by atoms with E-state index in [9.17, 15) is 4.79 Å². The molecule has 0 saturated heterocycles. The lowest BCUT2D eigenvalue weighted by molar-refractivity contribution is 0.0967. The Morgan fingerprint density at radius 3 is 2.70 bits per heavy atom. The standard InChI is InChI=1S/C9H8O/c1-6-3-2-4-7-5-8(10)9(6)7/h2-4H,5H2,1H3. The van der Waals surface area contributed by atoms with E-state index in [1.165, 1.54) is 5.56 Å². The number of benzene rings is 1. The van der Waals surface area contributed by atoms with E-state index < -0.39 is 0 Å². The van der Waals surface area contributed by atoms with Crippen LogP contribution < -0.4 is 0 Å². The van der Waals surface area contributed by atoms with E-state index >= 15 is 0 Å². The molecule has 1 nitrogen and oxygen atoms in total. The maximum atomic E-state index is 10.9. The van der Waals surface area contributed by atoms with Gasteiger partial charge in [-0.05, 0) is 18.1 Å². The van der Waals surface area contributed by atoms with Gasteiger partial charge in [-0.15, -0.1) is 0 Å². The fourth-order valence-electron chi connectivity index (χ4n) is 1.43. The van der Waals surface area contributed by atoms with Crippen LogP contribution in [-0.2, 0) is 6.42 Å². The van der Waals surface area contributed by atoms with Crippen LogP contribution in [-0.4, -0.2) is 5.78 Å². The summed E-state index contributed by atoms with van der Waals surface area (Å²) < 4.78 is 0. The summed E-state index contributed by atoms with van der Waals surface area (Å²) >= 11 is 0. The van der Waals surface area contributed by atoms with Gasteiger partial charge in [0.2, 0.25) is 0 Å². The van der Waals surface area contributed by atoms with Gasteiger partial charge in [-0.25, -0.2) is 0 Å². The molecule has 50 valence electrons. The Morgan fingerprint density at radius 1 is 1.40 bits per heavy atom. The number of carbonyl (C=O) groups is 1. The van der Waals surface area contributed by atoms with E-state index in [1.807, 2.05) is 25.1 Å². The van der Waals surface area contributed by atoms with Gasteiger partial charge in [-0.1, -0.05) is 18.2 Å². The van der Waals surface area contributed by atoms with Gasteiger partial charge in [0.25, 0.3) is 0 Å². The van der Waals surface area contributed by atoms with Crippen molar-refractivity contribution in [2.75, 3.05) is 0 Å². The van der Waals surface area contributed by atoms with Crippen molar-refractivity contribution in [3.63, 3.8) is 0 Å². The maximum Gasteiger partial charge on any atom is 0.167 e. The normalized spacial score (nSPS) is 14.3. The summed E-state index contributed by atoms with van der Waals surface area (Å²) in [5.74, 6) is 0.299. The van der Waals surface area contributed by atoms with Gasteiger partial charge in [0, 0.05) is 12.0 Å². The second-order valence-corrected chi connectivity index (χ2v) is 2.71. The number of carbonyl (C=O) groups excluding carboxylic acids is 1. The summed E-state index contributed by atoms with van der Waals surface area (Å²) in [6.07, 6.45) is 0.650. The Morgan fingerprint density at radius 2 is 2.20 bits per heavy atom. The molecule has 0 aromatic heterocycles. The third kappa shape index (κ3) is 0.548. The molecule has 0 bridgehead atoms. The maximum absolute atomic E-state index is 10.9. The smallest absolute Gasteiger partial charge is 0.167 e. The van der Waals surface area contributed by atoms with Crippen molar-refractivity contribution >= 4 is 5.78 Å². The lowest BCUT2D eigenvalue weighted by Gasteiger charge is -2.18. The Balaban J connectivity index is 2.68. The first-order valence-corrected chi connectivity index (χ1v) is 3.41. The molecule has 1 aliphatic carbocycles. The molecule has 0 radical (unpaired) electrons. The van der Waals surface area contributed by atoms with Crippen molar-refractivity contribution in [1.29, 1.82) is 0 Å². The summed E-state index contributed by atoms with van der Waals surface area (Å²) in [5, 5.41) is 0. The van der Waals surface area contributed by atoms with E-state index in [2.05, 4.69) is 0 Å². The zero-order valence-electron chi connectivity index (χ0n) is 5.85. The number of ketones is 1. The topological polar surface area (TPSA) is 17.1 Å². The summed E-state index contributed by atoms with van der Waals surface area (Å²) in [6.45, 7) is 1.98. The van der Waals surface area contributed by atoms with Gasteiger partial charge in [0.1, 0.15) is 0 Å². The molecule has 1 aromatic rings. The molecule has 1 aliphatic rings. The Kier molecular flexibility index (Phi) is 0.956. The average Bonchev–Trinajstić information content (AvgIpc) is 1.85. The monoisotopic (exact) mass is 132 g/mol. The van der Waals surface area contributed by atoms with Crippen LogP contribution in [0.1, 0.15) is 21.5 Å². The van der Waals surface area contributed by atoms with Crippen molar-refractivity contribution in [2.45, 2.75) is 13.3 Å². The molecule has 0 atom stereocenters. The second kappa shape index (κ2) is 1.69. The van der Waals surface area contributed by atoms with Gasteiger partial charge >= 0.3 is 0 Å². The average molecular weight is 132 g/mol. The third-order valence-electron chi connectivity index (χ3n) is 1.99. The van der Waals surface area contributed by atoms with E-state index in [-0.39, 0.29) is 0 Å². The Labute approximate surface area is 59.7 Å². The molecular weight excluding hydrogens is 124 g/mol. The molecule has 0 heterocycles. The van der Waals surface area contributed by atoms with Crippen LogP contribution in [0.4, 0.5) is 0 Å². The fourth-order valence-corrected chi connectivity index (χ4v) is 1.43. The number of fused-ring (bicyclic) bond motifs is 1. The molecule has 2 rings (SSSR count). The molecule has 10 heavy (non-hydrogen) atoms. The zero-order chi connectivity index (χ0) is 7.14. The third-order valence-corrected chi connectivity index (χ3v) is 1.99. The van der Waals surface area contributed by atoms with Crippen LogP contribution in [0.3, 0.4) is 0 Å². The molecule has 0 unspecified atom stereocenters. The Hall–Kier alpha value is -1.11. The molecule has 1 heteroatoms. The largest absolute Gasteiger partial charge is 0.294 e. The highest BCUT2D eigenvalue weighted by atomic mass is 16.1. The summed E-state index contributed by atoms with van der Waals surface area (Å²) in [5.41, 5.74) is 3.29. The van der Waals surface area contributed by atoms with E-state index in [0.29, 0.717) is 12.2 Å². The highest BCUT2D eigenvalue weighted by Gasteiger charge is 2.23. The van der Waals surface area contributed by atoms with Crippen molar-refractivity contribution in [3.05, 3.63) is 34.9 Å². The number of hydrogen-bond acceptors (Lipinski definition) is 1. The van der Waals surface area contributed by atoms with Gasteiger partial charge in [0.15, 0.2) is 5.78 Å². The van der Waals surface area contributed by atoms with Gasteiger partial charge in [-0.3, -0.25) is 4.79 Å². The lowest BCUT2D eigenvalue weighted by Crippen LogP contribution is -2.19. The number of Topliss-reactive ketones (excluding diaryl/α,β-unsaturated/α-hetero) is 1. The number of rotatable bonds is 0. The number of hydrogen-bond donors (Lipinski definition) is 0. The van der Waals surface area contributed by atoms with Gasteiger partial charge < -0.3 is 0 Å². The predicted molar refractivity (Wildman–Crippen MR) is 39.2 cm³/mol. The first-order chi connectivity index (χ1) is 4.79. The summed E-state index contributed by atoms with van der Waals surface area (Å²) in [7, 11) is 0. The Bertz CT molecular complexity index is 285. The molecule has 0 aliphatic heterocycles. The SMILES string of the molecule is Cc1cccc2c1C(=O)C2. The highest BCUT2D eigenvalue weighted by molar-refractivity contribution is 6.07. The minimum absolute atomic E-state index is 0.299. The van der Waals surface area contributed by atoms with Crippen LogP contribution in [0.25, 0.3) is 0 Å². The van der Waals surface area contributed by atoms with Crippen LogP contribution >= 0.6 is 0 Å². The van der Waals surface area contributed by atoms with Crippen molar-refractivity contribution in [2.24, 2.45) is 0 Å². The van der Waals surface area contributed by atoms with Crippen LogP contribution in [0.15, 0.2) is 18.2 Å². The first-order valence-electron chi connectivity index (χ1n) is 3.41. The van der Waals surface area contributed by atoms with E-state index in [0.717, 1.165) is 11.1 Å². The second-order valence-electron chi connectivity index (χ2n) is 2.71. The van der Waals surface area contributed by atoms with E-state index in [1.54, 1.807) is 0 Å². The molecule has 0 amide bonds. The van der Waals surface area contributed by atoms with Crippen LogP contribution in [0, 0.1) is 6.92 Å². The summed E-state index contributed by atoms with van der Waals surface area (Å²) in [6, 6.07) is 6.00. The molecule has 1 aromatic carbocycles. The van der Waals surface area contributed by atoms with Crippen molar-refractivity contribution in [1.82, 2.24) is 0 Å². The minimum atomic E-state index is 0.299. The quantitative estimate of drug-likeness (QED) is 0.525. The first kappa shape index (κ1) is 5.66. The number of aryl methyl sites for hydroxylation is 1. The molecule has 0 fully saturated rings. The lowest BCUT2D eigenvalue weighted by atomic mass is 9.84. The molecule has 0 spiro atoms.